The maximum absolute atomic E-state index is 12.3. The van der Waals surface area contributed by atoms with E-state index in [2.05, 4.69) is 28.8 Å². The van der Waals surface area contributed by atoms with Crippen LogP contribution in [0, 0.1) is 11.8 Å². The highest BCUT2D eigenvalue weighted by Crippen LogP contribution is 2.44. The third-order valence-electron chi connectivity index (χ3n) is 4.96. The highest BCUT2D eigenvalue weighted by molar-refractivity contribution is 5.78. The molecule has 106 valence electrons. The maximum Gasteiger partial charge on any atom is 0.220 e. The van der Waals surface area contributed by atoms with Crippen LogP contribution in [0.2, 0.25) is 0 Å². The smallest absolute Gasteiger partial charge is 0.220 e. The summed E-state index contributed by atoms with van der Waals surface area (Å²) in [7, 11) is 0. The van der Waals surface area contributed by atoms with Gasteiger partial charge in [-0.1, -0.05) is 18.2 Å². The van der Waals surface area contributed by atoms with Crippen molar-refractivity contribution in [1.82, 2.24) is 5.32 Å². The third-order valence-corrected chi connectivity index (χ3v) is 4.96. The SMILES string of the molecule is O=C(CC1CNc2ccccc21)NC(C1CC1)C1CC1. The molecule has 2 fully saturated rings. The van der Waals surface area contributed by atoms with Gasteiger partial charge in [-0.15, -0.1) is 0 Å². The van der Waals surface area contributed by atoms with Crippen LogP contribution in [0.4, 0.5) is 5.69 Å². The Kier molecular flexibility index (Phi) is 2.94. The number of hydrogen-bond acceptors (Lipinski definition) is 2. The molecule has 1 aliphatic heterocycles. The molecule has 1 atom stereocenters. The quantitative estimate of drug-likeness (QED) is 0.864. The number of fused-ring (bicyclic) bond motifs is 1. The molecule has 1 aromatic rings. The van der Waals surface area contributed by atoms with Crippen molar-refractivity contribution in [3.63, 3.8) is 0 Å². The van der Waals surface area contributed by atoms with E-state index in [-0.39, 0.29) is 5.91 Å². The van der Waals surface area contributed by atoms with Gasteiger partial charge in [0.05, 0.1) is 0 Å². The van der Waals surface area contributed by atoms with Gasteiger partial charge in [0.1, 0.15) is 0 Å². The van der Waals surface area contributed by atoms with Crippen molar-refractivity contribution in [2.24, 2.45) is 11.8 Å². The van der Waals surface area contributed by atoms with Crippen LogP contribution in [0.3, 0.4) is 0 Å². The van der Waals surface area contributed by atoms with Crippen LogP contribution in [0.25, 0.3) is 0 Å². The lowest BCUT2D eigenvalue weighted by Crippen LogP contribution is -2.38. The second-order valence-corrected chi connectivity index (χ2v) is 6.64. The predicted octanol–water partition coefficient (Wildman–Crippen LogP) is 2.89. The normalized spacial score (nSPS) is 24.4. The minimum atomic E-state index is 0.248. The number of hydrogen-bond donors (Lipinski definition) is 2. The van der Waals surface area contributed by atoms with Crippen LogP contribution >= 0.6 is 0 Å². The first kappa shape index (κ1) is 12.2. The van der Waals surface area contributed by atoms with Crippen LogP contribution in [-0.4, -0.2) is 18.5 Å². The van der Waals surface area contributed by atoms with Crippen LogP contribution in [0.5, 0.6) is 0 Å². The van der Waals surface area contributed by atoms with Crippen molar-refractivity contribution in [2.45, 2.75) is 44.1 Å². The Balaban J connectivity index is 1.38. The second-order valence-electron chi connectivity index (χ2n) is 6.64. The number of carbonyl (C=O) groups excluding carboxylic acids is 1. The molecule has 3 nitrogen and oxygen atoms in total. The Morgan fingerprint density at radius 2 is 1.90 bits per heavy atom. The number of anilines is 1. The number of para-hydroxylation sites is 1. The molecule has 4 rings (SSSR count). The number of benzene rings is 1. The van der Waals surface area contributed by atoms with Gasteiger partial charge in [0.2, 0.25) is 5.91 Å². The molecule has 3 aliphatic rings. The minimum Gasteiger partial charge on any atom is -0.384 e. The highest BCUT2D eigenvalue weighted by atomic mass is 16.1. The Labute approximate surface area is 120 Å². The van der Waals surface area contributed by atoms with Crippen molar-refractivity contribution >= 4 is 11.6 Å². The summed E-state index contributed by atoms with van der Waals surface area (Å²) in [5.41, 5.74) is 2.50. The average molecular weight is 270 g/mol. The molecule has 1 aromatic carbocycles. The first-order valence-electron chi connectivity index (χ1n) is 7.93. The van der Waals surface area contributed by atoms with Gasteiger partial charge in [-0.3, -0.25) is 4.79 Å². The van der Waals surface area contributed by atoms with Gasteiger partial charge in [-0.05, 0) is 49.1 Å². The van der Waals surface area contributed by atoms with Gasteiger partial charge >= 0.3 is 0 Å². The summed E-state index contributed by atoms with van der Waals surface area (Å²) in [6.45, 7) is 0.893. The summed E-state index contributed by atoms with van der Waals surface area (Å²) in [6, 6.07) is 8.84. The van der Waals surface area contributed by atoms with Gasteiger partial charge in [0.15, 0.2) is 0 Å². The number of amides is 1. The average Bonchev–Trinajstić information content (AvgIpc) is 3.35. The fourth-order valence-corrected chi connectivity index (χ4v) is 3.54. The van der Waals surface area contributed by atoms with Crippen molar-refractivity contribution < 1.29 is 4.79 Å². The molecule has 1 unspecified atom stereocenters. The molecule has 0 saturated heterocycles. The summed E-state index contributed by atoms with van der Waals surface area (Å²) in [5, 5.41) is 6.73. The van der Waals surface area contributed by atoms with Crippen LogP contribution < -0.4 is 10.6 Å². The second kappa shape index (κ2) is 4.80. The fourth-order valence-electron chi connectivity index (χ4n) is 3.54. The van der Waals surface area contributed by atoms with E-state index >= 15 is 0 Å². The molecule has 0 radical (unpaired) electrons. The Hall–Kier alpha value is -1.51. The van der Waals surface area contributed by atoms with E-state index in [1.54, 1.807) is 0 Å². The summed E-state index contributed by atoms with van der Waals surface area (Å²) < 4.78 is 0. The van der Waals surface area contributed by atoms with E-state index in [9.17, 15) is 4.79 Å². The van der Waals surface area contributed by atoms with E-state index in [0.717, 1.165) is 18.4 Å². The zero-order chi connectivity index (χ0) is 13.5. The van der Waals surface area contributed by atoms with Crippen LogP contribution in [0.15, 0.2) is 24.3 Å². The van der Waals surface area contributed by atoms with E-state index in [0.29, 0.717) is 18.4 Å². The van der Waals surface area contributed by atoms with Crippen LogP contribution in [0.1, 0.15) is 43.6 Å². The van der Waals surface area contributed by atoms with Crippen molar-refractivity contribution in [3.8, 4) is 0 Å². The van der Waals surface area contributed by atoms with Crippen molar-refractivity contribution in [2.75, 3.05) is 11.9 Å². The molecule has 0 bridgehead atoms. The van der Waals surface area contributed by atoms with Crippen molar-refractivity contribution in [1.29, 1.82) is 0 Å². The van der Waals surface area contributed by atoms with Gasteiger partial charge in [0.25, 0.3) is 0 Å². The van der Waals surface area contributed by atoms with E-state index in [4.69, 9.17) is 0 Å². The molecule has 2 saturated carbocycles. The molecule has 0 spiro atoms. The van der Waals surface area contributed by atoms with Gasteiger partial charge in [-0.2, -0.15) is 0 Å². The zero-order valence-corrected chi connectivity index (χ0v) is 11.8. The fraction of sp³-hybridized carbons (Fsp3) is 0.588. The number of carbonyl (C=O) groups is 1. The maximum atomic E-state index is 12.3. The lowest BCUT2D eigenvalue weighted by atomic mass is 9.97. The van der Waals surface area contributed by atoms with Gasteiger partial charge < -0.3 is 10.6 Å². The topological polar surface area (TPSA) is 41.1 Å². The summed E-state index contributed by atoms with van der Waals surface area (Å²) >= 11 is 0. The van der Waals surface area contributed by atoms with Gasteiger partial charge in [-0.25, -0.2) is 0 Å². The van der Waals surface area contributed by atoms with Crippen LogP contribution in [-0.2, 0) is 4.79 Å². The van der Waals surface area contributed by atoms with Crippen molar-refractivity contribution in [3.05, 3.63) is 29.8 Å². The minimum absolute atomic E-state index is 0.248. The lowest BCUT2D eigenvalue weighted by molar-refractivity contribution is -0.122. The molecule has 3 heteroatoms. The Morgan fingerprint density at radius 3 is 2.60 bits per heavy atom. The zero-order valence-electron chi connectivity index (χ0n) is 11.8. The molecule has 1 amide bonds. The first-order valence-corrected chi connectivity index (χ1v) is 7.93. The molecule has 2 aliphatic carbocycles. The molecule has 2 N–H and O–H groups in total. The molecule has 0 aromatic heterocycles. The molecular formula is C17H22N2O. The number of rotatable bonds is 5. The Morgan fingerprint density at radius 1 is 1.20 bits per heavy atom. The lowest BCUT2D eigenvalue weighted by Gasteiger charge is -2.19. The predicted molar refractivity (Wildman–Crippen MR) is 79.7 cm³/mol. The first-order chi connectivity index (χ1) is 9.81. The number of nitrogens with one attached hydrogen (secondary N) is 2. The largest absolute Gasteiger partial charge is 0.384 e. The van der Waals surface area contributed by atoms with E-state index in [1.807, 2.05) is 6.07 Å². The van der Waals surface area contributed by atoms with Gasteiger partial charge in [0, 0.05) is 30.6 Å². The Bertz CT molecular complexity index is 507. The third kappa shape index (κ3) is 2.41. The summed E-state index contributed by atoms with van der Waals surface area (Å²) in [5.74, 6) is 2.14. The monoisotopic (exact) mass is 270 g/mol. The molecule has 20 heavy (non-hydrogen) atoms. The standard InChI is InChI=1S/C17H22N2O/c20-16(19-17(11-5-6-11)12-7-8-12)9-13-10-18-15-4-2-1-3-14(13)15/h1-4,11-13,17-18H,5-10H2,(H,19,20). The molecule has 1 heterocycles. The van der Waals surface area contributed by atoms with E-state index in [1.165, 1.54) is 36.9 Å². The summed E-state index contributed by atoms with van der Waals surface area (Å²) in [6.07, 6.45) is 5.88. The summed E-state index contributed by atoms with van der Waals surface area (Å²) in [4.78, 5) is 12.3. The van der Waals surface area contributed by atoms with E-state index < -0.39 is 0 Å². The molecular weight excluding hydrogens is 248 g/mol. The highest BCUT2D eigenvalue weighted by Gasteiger charge is 2.42.